The number of nitrogens with zero attached hydrogens (tertiary/aromatic N) is 2. The van der Waals surface area contributed by atoms with Crippen LogP contribution in [0.5, 0.6) is 0 Å². The topological polar surface area (TPSA) is 27.0 Å². The van der Waals surface area contributed by atoms with E-state index in [1.807, 2.05) is 55.5 Å². The summed E-state index contributed by atoms with van der Waals surface area (Å²) in [5.74, 6) is 0.829. The van der Waals surface area contributed by atoms with Gasteiger partial charge in [0.1, 0.15) is 6.07 Å². The van der Waals surface area contributed by atoms with Crippen molar-refractivity contribution >= 4 is 11.8 Å². The lowest BCUT2D eigenvalue weighted by Crippen LogP contribution is -1.99. The lowest BCUT2D eigenvalue weighted by atomic mass is 10.2. The highest BCUT2D eigenvalue weighted by Gasteiger charge is 1.96. The molecule has 0 bridgehead atoms. The first-order valence-electron chi connectivity index (χ1n) is 5.34. The molecule has 0 heterocycles. The Morgan fingerprint density at radius 1 is 1.35 bits per heavy atom. The zero-order valence-corrected chi connectivity index (χ0v) is 10.9. The number of allylic oxidation sites excluding steroid dienone is 3. The Labute approximate surface area is 107 Å². The van der Waals surface area contributed by atoms with Crippen LogP contribution < -0.4 is 0 Å². The molecule has 88 valence electrons. The van der Waals surface area contributed by atoms with E-state index < -0.39 is 0 Å². The minimum atomic E-state index is 0.729. The summed E-state index contributed by atoms with van der Waals surface area (Å²) in [5, 5.41) is 8.98. The van der Waals surface area contributed by atoms with Gasteiger partial charge in [0, 0.05) is 19.8 Å². The molecule has 0 saturated carbocycles. The van der Waals surface area contributed by atoms with Gasteiger partial charge in [0.05, 0.1) is 4.91 Å². The van der Waals surface area contributed by atoms with Crippen LogP contribution in [0.2, 0.25) is 0 Å². The zero-order valence-electron chi connectivity index (χ0n) is 10.1. The highest BCUT2D eigenvalue weighted by molar-refractivity contribution is 8.02. The fourth-order valence-corrected chi connectivity index (χ4v) is 1.91. The lowest BCUT2D eigenvalue weighted by molar-refractivity contribution is 0.564. The molecule has 0 saturated heterocycles. The predicted octanol–water partition coefficient (Wildman–Crippen LogP) is 3.40. The Morgan fingerprint density at radius 3 is 2.65 bits per heavy atom. The van der Waals surface area contributed by atoms with E-state index >= 15 is 0 Å². The third-order valence-corrected chi connectivity index (χ3v) is 3.00. The van der Waals surface area contributed by atoms with Gasteiger partial charge in [-0.3, -0.25) is 0 Å². The Bertz CT molecular complexity index is 427. The monoisotopic (exact) mass is 244 g/mol. The summed E-state index contributed by atoms with van der Waals surface area (Å²) in [5.41, 5.74) is 1.23. The number of hydrogen-bond donors (Lipinski definition) is 0. The molecular formula is C14H16N2S. The van der Waals surface area contributed by atoms with Crippen LogP contribution in [0.3, 0.4) is 0 Å². The van der Waals surface area contributed by atoms with Crippen LogP contribution in [0.15, 0.2) is 53.6 Å². The number of nitriles is 1. The molecule has 17 heavy (non-hydrogen) atoms. The standard InChI is InChI=1S/C14H16N2S/c1-16(2)10-6-9-14(11-15)17-12-13-7-4-3-5-8-13/h3-10H,12H2,1-2H3. The average molecular weight is 244 g/mol. The molecule has 0 fully saturated rings. The van der Waals surface area contributed by atoms with Crippen molar-refractivity contribution < 1.29 is 0 Å². The van der Waals surface area contributed by atoms with Crippen LogP contribution in [0, 0.1) is 11.3 Å². The molecule has 1 rings (SSSR count). The normalized spacial score (nSPS) is 11.5. The Hall–Kier alpha value is -1.66. The third-order valence-electron chi connectivity index (χ3n) is 1.98. The Kier molecular flexibility index (Phi) is 5.98. The van der Waals surface area contributed by atoms with E-state index in [9.17, 15) is 0 Å². The summed E-state index contributed by atoms with van der Waals surface area (Å²) >= 11 is 1.56. The molecule has 0 aliphatic heterocycles. The van der Waals surface area contributed by atoms with E-state index in [1.54, 1.807) is 11.8 Å². The molecule has 3 heteroatoms. The molecule has 1 aromatic carbocycles. The summed E-state index contributed by atoms with van der Waals surface area (Å²) in [4.78, 5) is 2.67. The van der Waals surface area contributed by atoms with E-state index in [0.29, 0.717) is 0 Å². The number of benzene rings is 1. The van der Waals surface area contributed by atoms with Crippen molar-refractivity contribution in [1.82, 2.24) is 4.90 Å². The molecule has 0 N–H and O–H groups in total. The van der Waals surface area contributed by atoms with Crippen LogP contribution in [0.25, 0.3) is 0 Å². The van der Waals surface area contributed by atoms with Gasteiger partial charge in [-0.25, -0.2) is 0 Å². The van der Waals surface area contributed by atoms with Crippen molar-refractivity contribution in [2.75, 3.05) is 14.1 Å². The lowest BCUT2D eigenvalue weighted by Gasteiger charge is -2.02. The molecule has 0 aromatic heterocycles. The van der Waals surface area contributed by atoms with Crippen molar-refractivity contribution in [3.63, 3.8) is 0 Å². The van der Waals surface area contributed by atoms with E-state index in [2.05, 4.69) is 18.2 Å². The highest BCUT2D eigenvalue weighted by atomic mass is 32.2. The predicted molar refractivity (Wildman–Crippen MR) is 74.3 cm³/mol. The molecule has 0 aliphatic carbocycles. The molecule has 0 spiro atoms. The smallest absolute Gasteiger partial charge is 0.106 e. The minimum absolute atomic E-state index is 0.729. The molecule has 0 aliphatic rings. The van der Waals surface area contributed by atoms with Gasteiger partial charge in [-0.1, -0.05) is 30.3 Å². The summed E-state index contributed by atoms with van der Waals surface area (Å²) in [7, 11) is 3.90. The second kappa shape index (κ2) is 7.59. The maximum atomic E-state index is 8.98. The van der Waals surface area contributed by atoms with Gasteiger partial charge < -0.3 is 4.90 Å². The second-order valence-corrected chi connectivity index (χ2v) is 4.74. The quantitative estimate of drug-likeness (QED) is 0.586. The number of hydrogen-bond acceptors (Lipinski definition) is 3. The van der Waals surface area contributed by atoms with Crippen molar-refractivity contribution in [3.05, 3.63) is 59.2 Å². The van der Waals surface area contributed by atoms with Crippen molar-refractivity contribution in [2.24, 2.45) is 0 Å². The zero-order chi connectivity index (χ0) is 12.5. The van der Waals surface area contributed by atoms with Crippen molar-refractivity contribution in [3.8, 4) is 6.07 Å². The average Bonchev–Trinajstić information content (AvgIpc) is 2.34. The van der Waals surface area contributed by atoms with Gasteiger partial charge in [0.25, 0.3) is 0 Å². The fourth-order valence-electron chi connectivity index (χ4n) is 1.16. The van der Waals surface area contributed by atoms with Gasteiger partial charge in [-0.05, 0) is 23.9 Å². The number of rotatable bonds is 5. The number of thioether (sulfide) groups is 1. The SMILES string of the molecule is CN(C)C=CC=C(C#N)SCc1ccccc1. The molecule has 0 radical (unpaired) electrons. The van der Waals surface area contributed by atoms with Gasteiger partial charge in [-0.2, -0.15) is 5.26 Å². The summed E-state index contributed by atoms with van der Waals surface area (Å²) in [6, 6.07) is 12.4. The summed E-state index contributed by atoms with van der Waals surface area (Å²) in [6.07, 6.45) is 5.64. The maximum Gasteiger partial charge on any atom is 0.106 e. The first-order chi connectivity index (χ1) is 8.22. The van der Waals surface area contributed by atoms with Crippen molar-refractivity contribution in [2.45, 2.75) is 5.75 Å². The van der Waals surface area contributed by atoms with E-state index in [1.165, 1.54) is 5.56 Å². The summed E-state index contributed by atoms with van der Waals surface area (Å²) < 4.78 is 0. The summed E-state index contributed by atoms with van der Waals surface area (Å²) in [6.45, 7) is 0. The van der Waals surface area contributed by atoms with E-state index in [0.717, 1.165) is 10.7 Å². The van der Waals surface area contributed by atoms with Gasteiger partial charge >= 0.3 is 0 Å². The second-order valence-electron chi connectivity index (χ2n) is 3.72. The molecule has 2 nitrogen and oxygen atoms in total. The highest BCUT2D eigenvalue weighted by Crippen LogP contribution is 2.20. The van der Waals surface area contributed by atoms with Crippen molar-refractivity contribution in [1.29, 1.82) is 5.26 Å². The fraction of sp³-hybridized carbons (Fsp3) is 0.214. The van der Waals surface area contributed by atoms with Crippen LogP contribution in [0.4, 0.5) is 0 Å². The van der Waals surface area contributed by atoms with Crippen LogP contribution >= 0.6 is 11.8 Å². The first kappa shape index (κ1) is 13.4. The molecule has 0 unspecified atom stereocenters. The third kappa shape index (κ3) is 5.84. The van der Waals surface area contributed by atoms with Crippen LogP contribution in [-0.4, -0.2) is 19.0 Å². The molecular weight excluding hydrogens is 228 g/mol. The van der Waals surface area contributed by atoms with Gasteiger partial charge in [0.15, 0.2) is 0 Å². The van der Waals surface area contributed by atoms with E-state index in [4.69, 9.17) is 5.26 Å². The first-order valence-corrected chi connectivity index (χ1v) is 6.32. The largest absolute Gasteiger partial charge is 0.383 e. The van der Waals surface area contributed by atoms with Crippen LogP contribution in [-0.2, 0) is 5.75 Å². The van der Waals surface area contributed by atoms with Gasteiger partial charge in [0.2, 0.25) is 0 Å². The Balaban J connectivity index is 2.51. The Morgan fingerprint density at radius 2 is 2.06 bits per heavy atom. The molecule has 0 atom stereocenters. The maximum absolute atomic E-state index is 8.98. The molecule has 0 amide bonds. The van der Waals surface area contributed by atoms with Crippen LogP contribution in [0.1, 0.15) is 5.56 Å². The van der Waals surface area contributed by atoms with E-state index in [-0.39, 0.29) is 0 Å². The van der Waals surface area contributed by atoms with Gasteiger partial charge in [-0.15, -0.1) is 11.8 Å². The molecule has 1 aromatic rings. The minimum Gasteiger partial charge on any atom is -0.383 e.